The molecule has 2 aromatic rings. The van der Waals surface area contributed by atoms with E-state index in [2.05, 4.69) is 9.88 Å². The highest BCUT2D eigenvalue weighted by Gasteiger charge is 2.21. The van der Waals surface area contributed by atoms with Crippen LogP contribution in [0.3, 0.4) is 0 Å². The number of rotatable bonds is 5. The molecule has 1 fully saturated rings. The summed E-state index contributed by atoms with van der Waals surface area (Å²) < 4.78 is 29.5. The van der Waals surface area contributed by atoms with Crippen molar-refractivity contribution in [2.24, 2.45) is 13.0 Å². The minimum atomic E-state index is -0.425. The van der Waals surface area contributed by atoms with Crippen molar-refractivity contribution in [1.82, 2.24) is 14.5 Å². The molecule has 3 rings (SSSR count). The third-order valence-corrected chi connectivity index (χ3v) is 4.75. The quantitative estimate of drug-likeness (QED) is 0.840. The van der Waals surface area contributed by atoms with Crippen LogP contribution in [-0.2, 0) is 20.0 Å². The predicted molar refractivity (Wildman–Crippen MR) is 85.9 cm³/mol. The molecule has 0 aliphatic carbocycles. The number of halogens is 2. The molecule has 1 aliphatic heterocycles. The second-order valence-corrected chi connectivity index (χ2v) is 6.44. The van der Waals surface area contributed by atoms with E-state index in [9.17, 15) is 8.78 Å². The molecule has 23 heavy (non-hydrogen) atoms. The van der Waals surface area contributed by atoms with Crippen molar-refractivity contribution >= 4 is 0 Å². The molecule has 0 bridgehead atoms. The second-order valence-electron chi connectivity index (χ2n) is 6.44. The van der Waals surface area contributed by atoms with Gasteiger partial charge in [0.15, 0.2) is 0 Å². The van der Waals surface area contributed by atoms with Crippen LogP contribution in [0.25, 0.3) is 0 Å². The molecular weight excluding hydrogens is 296 g/mol. The summed E-state index contributed by atoms with van der Waals surface area (Å²) in [5, 5.41) is 0. The lowest BCUT2D eigenvalue weighted by Gasteiger charge is -2.32. The monoisotopic (exact) mass is 319 g/mol. The fourth-order valence-electron chi connectivity index (χ4n) is 3.40. The second kappa shape index (κ2) is 7.21. The van der Waals surface area contributed by atoms with E-state index in [1.54, 1.807) is 0 Å². The number of aromatic nitrogens is 2. The molecule has 0 radical (unpaired) electrons. The van der Waals surface area contributed by atoms with E-state index in [0.717, 1.165) is 44.7 Å². The lowest BCUT2D eigenvalue weighted by molar-refractivity contribution is 0.157. The van der Waals surface area contributed by atoms with Crippen molar-refractivity contribution in [2.75, 3.05) is 13.1 Å². The highest BCUT2D eigenvalue weighted by Crippen LogP contribution is 2.24. The zero-order chi connectivity index (χ0) is 16.2. The van der Waals surface area contributed by atoms with Crippen LogP contribution < -0.4 is 0 Å². The van der Waals surface area contributed by atoms with Gasteiger partial charge in [0.2, 0.25) is 0 Å². The van der Waals surface area contributed by atoms with E-state index >= 15 is 0 Å². The van der Waals surface area contributed by atoms with Gasteiger partial charge in [0.05, 0.1) is 6.54 Å². The molecule has 0 spiro atoms. The number of hydrogen-bond donors (Lipinski definition) is 0. The predicted octanol–water partition coefficient (Wildman–Crippen LogP) is 3.54. The van der Waals surface area contributed by atoms with Gasteiger partial charge in [0, 0.05) is 31.5 Å². The van der Waals surface area contributed by atoms with E-state index in [-0.39, 0.29) is 5.56 Å². The molecule has 0 amide bonds. The molecule has 3 nitrogen and oxygen atoms in total. The van der Waals surface area contributed by atoms with Gasteiger partial charge in [-0.15, -0.1) is 0 Å². The van der Waals surface area contributed by atoms with Crippen LogP contribution in [0.1, 0.15) is 30.7 Å². The van der Waals surface area contributed by atoms with Crippen molar-refractivity contribution in [2.45, 2.75) is 32.2 Å². The summed E-state index contributed by atoms with van der Waals surface area (Å²) in [6, 6.07) is 4.10. The van der Waals surface area contributed by atoms with E-state index in [4.69, 9.17) is 0 Å². The fourth-order valence-corrected chi connectivity index (χ4v) is 3.40. The van der Waals surface area contributed by atoms with Gasteiger partial charge in [0.25, 0.3) is 0 Å². The summed E-state index contributed by atoms with van der Waals surface area (Å²) in [5.41, 5.74) is 0.230. The van der Waals surface area contributed by atoms with Gasteiger partial charge in [-0.25, -0.2) is 13.8 Å². The average Bonchev–Trinajstić information content (AvgIpc) is 2.92. The van der Waals surface area contributed by atoms with Crippen LogP contribution in [0, 0.1) is 17.6 Å². The Labute approximate surface area is 135 Å². The maximum Gasteiger partial charge on any atom is 0.129 e. The zero-order valence-corrected chi connectivity index (χ0v) is 13.5. The minimum absolute atomic E-state index is 0.230. The molecule has 1 aromatic carbocycles. The lowest BCUT2D eigenvalue weighted by atomic mass is 9.91. The Kier molecular flexibility index (Phi) is 5.06. The SMILES string of the molecule is Cn1ccnc1CN1CCC[C@@H](CCc2c(F)cccc2F)C1. The molecule has 1 saturated heterocycles. The molecule has 1 atom stereocenters. The van der Waals surface area contributed by atoms with E-state index in [1.807, 2.05) is 24.0 Å². The first-order valence-electron chi connectivity index (χ1n) is 8.25. The normalized spacial score (nSPS) is 19.2. The van der Waals surface area contributed by atoms with Crippen LogP contribution in [0.15, 0.2) is 30.6 Å². The first-order valence-corrected chi connectivity index (χ1v) is 8.25. The molecular formula is C18H23F2N3. The first kappa shape index (κ1) is 16.1. The molecule has 0 N–H and O–H groups in total. The smallest absolute Gasteiger partial charge is 0.129 e. The first-order chi connectivity index (χ1) is 11.1. The number of hydrogen-bond acceptors (Lipinski definition) is 2. The molecule has 0 saturated carbocycles. The summed E-state index contributed by atoms with van der Waals surface area (Å²) in [5.74, 6) is 0.699. The van der Waals surface area contributed by atoms with Gasteiger partial charge in [-0.3, -0.25) is 4.90 Å². The Morgan fingerprint density at radius 3 is 2.74 bits per heavy atom. The Bertz CT molecular complexity index is 633. The average molecular weight is 319 g/mol. The van der Waals surface area contributed by atoms with Crippen LogP contribution in [-0.4, -0.2) is 27.5 Å². The van der Waals surface area contributed by atoms with E-state index < -0.39 is 11.6 Å². The van der Waals surface area contributed by atoms with E-state index in [1.165, 1.54) is 18.2 Å². The maximum absolute atomic E-state index is 13.7. The van der Waals surface area contributed by atoms with Gasteiger partial charge in [0.1, 0.15) is 17.5 Å². The number of nitrogens with zero attached hydrogens (tertiary/aromatic N) is 3. The summed E-state index contributed by atoms with van der Waals surface area (Å²) in [4.78, 5) is 6.77. The summed E-state index contributed by atoms with van der Waals surface area (Å²) in [6.45, 7) is 2.88. The number of likely N-dealkylation sites (tertiary alicyclic amines) is 1. The van der Waals surface area contributed by atoms with Crippen molar-refractivity contribution < 1.29 is 8.78 Å². The Balaban J connectivity index is 1.56. The number of benzene rings is 1. The van der Waals surface area contributed by atoms with Crippen molar-refractivity contribution in [3.05, 3.63) is 53.6 Å². The highest BCUT2D eigenvalue weighted by atomic mass is 19.1. The number of piperidine rings is 1. The maximum atomic E-state index is 13.7. The van der Waals surface area contributed by atoms with Crippen LogP contribution in [0.5, 0.6) is 0 Å². The van der Waals surface area contributed by atoms with Gasteiger partial charge >= 0.3 is 0 Å². The highest BCUT2D eigenvalue weighted by molar-refractivity contribution is 5.19. The number of imidazole rings is 1. The minimum Gasteiger partial charge on any atom is -0.337 e. The Morgan fingerprint density at radius 1 is 1.26 bits per heavy atom. The Hall–Kier alpha value is -1.75. The summed E-state index contributed by atoms with van der Waals surface area (Å²) in [7, 11) is 2.00. The zero-order valence-electron chi connectivity index (χ0n) is 13.5. The van der Waals surface area contributed by atoms with Gasteiger partial charge in [-0.1, -0.05) is 6.07 Å². The molecule has 5 heteroatoms. The van der Waals surface area contributed by atoms with Crippen LogP contribution >= 0.6 is 0 Å². The topological polar surface area (TPSA) is 21.1 Å². The molecule has 0 unspecified atom stereocenters. The van der Waals surface area contributed by atoms with Crippen molar-refractivity contribution in [1.29, 1.82) is 0 Å². The molecule has 2 heterocycles. The third kappa shape index (κ3) is 3.96. The van der Waals surface area contributed by atoms with Gasteiger partial charge in [-0.2, -0.15) is 0 Å². The third-order valence-electron chi connectivity index (χ3n) is 4.75. The molecule has 124 valence electrons. The Morgan fingerprint density at radius 2 is 2.04 bits per heavy atom. The molecule has 1 aliphatic rings. The lowest BCUT2D eigenvalue weighted by Crippen LogP contribution is -2.35. The van der Waals surface area contributed by atoms with Crippen molar-refractivity contribution in [3.8, 4) is 0 Å². The standard InChI is InChI=1S/C18H23F2N3/c1-22-11-9-21-18(22)13-23-10-3-4-14(12-23)7-8-15-16(19)5-2-6-17(15)20/h2,5-6,9,11,14H,3-4,7-8,10,12-13H2,1H3/t14-/m0/s1. The molecule has 1 aromatic heterocycles. The fraction of sp³-hybridized carbons (Fsp3) is 0.500. The van der Waals surface area contributed by atoms with Crippen LogP contribution in [0.2, 0.25) is 0 Å². The summed E-state index contributed by atoms with van der Waals surface area (Å²) in [6.07, 6.45) is 7.34. The number of aryl methyl sites for hydroxylation is 1. The van der Waals surface area contributed by atoms with Crippen LogP contribution in [0.4, 0.5) is 8.78 Å². The van der Waals surface area contributed by atoms with Gasteiger partial charge in [-0.05, 0) is 50.3 Å². The van der Waals surface area contributed by atoms with Crippen molar-refractivity contribution in [3.63, 3.8) is 0 Å². The largest absolute Gasteiger partial charge is 0.337 e. The van der Waals surface area contributed by atoms with Gasteiger partial charge < -0.3 is 4.57 Å². The summed E-state index contributed by atoms with van der Waals surface area (Å²) >= 11 is 0. The van der Waals surface area contributed by atoms with E-state index in [0.29, 0.717) is 12.3 Å².